The summed E-state index contributed by atoms with van der Waals surface area (Å²) in [6, 6.07) is 0. The molecule has 15 heavy (non-hydrogen) atoms. The summed E-state index contributed by atoms with van der Waals surface area (Å²) in [6.07, 6.45) is 1.50. The van der Waals surface area contributed by atoms with E-state index in [1.54, 1.807) is 6.92 Å². The molecule has 0 atom stereocenters. The van der Waals surface area contributed by atoms with Crippen LogP contribution in [0.2, 0.25) is 0 Å². The van der Waals surface area contributed by atoms with E-state index in [1.165, 1.54) is 0 Å². The largest absolute Gasteiger partial charge is 0.324 e. The molecule has 0 amide bonds. The second-order valence-electron chi connectivity index (χ2n) is 3.39. The standard InChI is InChI=1S/C8H21N3O2S.ClH/c1-4-8(9,5-2)7-11-14(12,13)10-6-3;/h10-11H,4-7,9H2,1-3H3;1H. The van der Waals surface area contributed by atoms with Gasteiger partial charge < -0.3 is 5.73 Å². The maximum atomic E-state index is 11.2. The van der Waals surface area contributed by atoms with Crippen molar-refractivity contribution < 1.29 is 8.42 Å². The van der Waals surface area contributed by atoms with Gasteiger partial charge in [-0.2, -0.15) is 8.42 Å². The first-order valence-corrected chi connectivity index (χ1v) is 6.40. The Balaban J connectivity index is 0. The lowest BCUT2D eigenvalue weighted by Crippen LogP contribution is -2.51. The Morgan fingerprint density at radius 3 is 1.93 bits per heavy atom. The topological polar surface area (TPSA) is 84.2 Å². The molecule has 0 aromatic carbocycles. The molecule has 0 heterocycles. The molecule has 0 aliphatic heterocycles. The van der Waals surface area contributed by atoms with Crippen molar-refractivity contribution in [1.82, 2.24) is 9.44 Å². The Morgan fingerprint density at radius 1 is 1.13 bits per heavy atom. The second-order valence-corrected chi connectivity index (χ2v) is 4.98. The van der Waals surface area contributed by atoms with E-state index in [-0.39, 0.29) is 19.0 Å². The maximum absolute atomic E-state index is 11.2. The summed E-state index contributed by atoms with van der Waals surface area (Å²) in [5, 5.41) is 0. The summed E-state index contributed by atoms with van der Waals surface area (Å²) in [6.45, 7) is 6.28. The van der Waals surface area contributed by atoms with Crippen LogP contribution in [0.3, 0.4) is 0 Å². The molecule has 0 spiro atoms. The highest BCUT2D eigenvalue weighted by Gasteiger charge is 2.22. The van der Waals surface area contributed by atoms with Gasteiger partial charge in [-0.05, 0) is 12.8 Å². The summed E-state index contributed by atoms with van der Waals surface area (Å²) < 4.78 is 27.2. The number of rotatable bonds is 7. The molecule has 0 saturated heterocycles. The smallest absolute Gasteiger partial charge is 0.276 e. The van der Waals surface area contributed by atoms with Gasteiger partial charge in [-0.15, -0.1) is 12.4 Å². The van der Waals surface area contributed by atoms with E-state index in [2.05, 4.69) is 9.44 Å². The molecule has 0 fully saturated rings. The zero-order valence-corrected chi connectivity index (χ0v) is 11.2. The van der Waals surface area contributed by atoms with Gasteiger partial charge in [0.2, 0.25) is 0 Å². The third-order valence-corrected chi connectivity index (χ3v) is 3.55. The predicted molar refractivity (Wildman–Crippen MR) is 65.3 cm³/mol. The molecule has 0 aliphatic carbocycles. The van der Waals surface area contributed by atoms with Gasteiger partial charge in [0.15, 0.2) is 0 Å². The Bertz CT molecular complexity index is 253. The van der Waals surface area contributed by atoms with Gasteiger partial charge >= 0.3 is 0 Å². The van der Waals surface area contributed by atoms with Gasteiger partial charge in [0, 0.05) is 18.6 Å². The minimum Gasteiger partial charge on any atom is -0.324 e. The van der Waals surface area contributed by atoms with Crippen molar-refractivity contribution in [3.05, 3.63) is 0 Å². The fourth-order valence-corrected chi connectivity index (χ4v) is 1.94. The summed E-state index contributed by atoms with van der Waals surface area (Å²) in [5.74, 6) is 0. The van der Waals surface area contributed by atoms with Crippen LogP contribution in [-0.2, 0) is 10.2 Å². The number of halogens is 1. The van der Waals surface area contributed by atoms with E-state index in [9.17, 15) is 8.42 Å². The quantitative estimate of drug-likeness (QED) is 0.618. The third kappa shape index (κ3) is 7.08. The zero-order valence-electron chi connectivity index (χ0n) is 9.54. The number of nitrogens with one attached hydrogen (secondary N) is 2. The predicted octanol–water partition coefficient (Wildman–Crippen LogP) is 0.370. The highest BCUT2D eigenvalue weighted by atomic mass is 35.5. The Morgan fingerprint density at radius 2 is 1.60 bits per heavy atom. The first kappa shape index (κ1) is 17.5. The minimum absolute atomic E-state index is 0. The van der Waals surface area contributed by atoms with Gasteiger partial charge in [-0.1, -0.05) is 20.8 Å². The number of hydrogen-bond donors (Lipinski definition) is 3. The number of hydrogen-bond acceptors (Lipinski definition) is 3. The second kappa shape index (κ2) is 7.40. The van der Waals surface area contributed by atoms with Gasteiger partial charge in [0.05, 0.1) is 0 Å². The van der Waals surface area contributed by atoms with Crippen molar-refractivity contribution in [1.29, 1.82) is 0 Å². The summed E-state index contributed by atoms with van der Waals surface area (Å²) in [7, 11) is -3.37. The minimum atomic E-state index is -3.37. The lowest BCUT2D eigenvalue weighted by molar-refractivity contribution is 0.391. The molecule has 0 rings (SSSR count). The molecule has 0 radical (unpaired) electrons. The van der Waals surface area contributed by atoms with Crippen LogP contribution in [0.4, 0.5) is 0 Å². The van der Waals surface area contributed by atoms with Crippen LogP contribution in [0.5, 0.6) is 0 Å². The molecule has 94 valence electrons. The summed E-state index contributed by atoms with van der Waals surface area (Å²) in [4.78, 5) is 0. The van der Waals surface area contributed by atoms with Crippen LogP contribution in [0.1, 0.15) is 33.6 Å². The van der Waals surface area contributed by atoms with E-state index < -0.39 is 15.7 Å². The van der Waals surface area contributed by atoms with Gasteiger partial charge in [-0.3, -0.25) is 0 Å². The molecule has 0 aromatic heterocycles. The van der Waals surface area contributed by atoms with E-state index >= 15 is 0 Å². The molecule has 5 nitrogen and oxygen atoms in total. The van der Waals surface area contributed by atoms with Crippen molar-refractivity contribution in [3.63, 3.8) is 0 Å². The third-order valence-electron chi connectivity index (χ3n) is 2.36. The van der Waals surface area contributed by atoms with Crippen LogP contribution in [0.25, 0.3) is 0 Å². The monoisotopic (exact) mass is 259 g/mol. The van der Waals surface area contributed by atoms with Crippen molar-refractivity contribution in [2.45, 2.75) is 39.2 Å². The van der Waals surface area contributed by atoms with Crippen LogP contribution >= 0.6 is 12.4 Å². The van der Waals surface area contributed by atoms with Gasteiger partial charge in [0.25, 0.3) is 10.2 Å². The zero-order chi connectivity index (χ0) is 11.2. The van der Waals surface area contributed by atoms with Crippen molar-refractivity contribution in [2.75, 3.05) is 13.1 Å². The average Bonchev–Trinajstić information content (AvgIpc) is 2.14. The Labute approximate surface area is 98.8 Å². The van der Waals surface area contributed by atoms with Gasteiger partial charge in [-0.25, -0.2) is 9.44 Å². The first-order valence-electron chi connectivity index (χ1n) is 4.92. The lowest BCUT2D eigenvalue weighted by Gasteiger charge is -2.26. The highest BCUT2D eigenvalue weighted by Crippen LogP contribution is 2.09. The molecule has 0 unspecified atom stereocenters. The van der Waals surface area contributed by atoms with E-state index in [0.717, 1.165) is 12.8 Å². The molecular weight excluding hydrogens is 238 g/mol. The maximum Gasteiger partial charge on any atom is 0.276 e. The summed E-state index contributed by atoms with van der Waals surface area (Å²) in [5.41, 5.74) is 5.50. The van der Waals surface area contributed by atoms with Crippen LogP contribution < -0.4 is 15.2 Å². The molecule has 7 heteroatoms. The number of nitrogens with two attached hydrogens (primary N) is 1. The SMILES string of the molecule is CCNS(=O)(=O)NCC(N)(CC)CC.Cl. The fraction of sp³-hybridized carbons (Fsp3) is 1.00. The van der Waals surface area contributed by atoms with E-state index in [4.69, 9.17) is 5.73 Å². The van der Waals surface area contributed by atoms with Crippen molar-refractivity contribution in [2.24, 2.45) is 5.73 Å². The van der Waals surface area contributed by atoms with E-state index in [0.29, 0.717) is 6.54 Å². The van der Waals surface area contributed by atoms with Crippen molar-refractivity contribution in [3.8, 4) is 0 Å². The normalized spacial score (nSPS) is 12.3. The molecular formula is C8H22ClN3O2S. The molecule has 0 bridgehead atoms. The average molecular weight is 260 g/mol. The van der Waals surface area contributed by atoms with Gasteiger partial charge in [0.1, 0.15) is 0 Å². The fourth-order valence-electron chi connectivity index (χ4n) is 0.980. The Hall–Kier alpha value is 0.120. The van der Waals surface area contributed by atoms with Crippen LogP contribution in [0, 0.1) is 0 Å². The van der Waals surface area contributed by atoms with Crippen molar-refractivity contribution >= 4 is 22.6 Å². The molecule has 0 saturated carbocycles. The molecule has 0 aliphatic rings. The lowest BCUT2D eigenvalue weighted by atomic mass is 9.95. The van der Waals surface area contributed by atoms with Crippen LogP contribution in [0.15, 0.2) is 0 Å². The first-order chi connectivity index (χ1) is 6.39. The summed E-state index contributed by atoms with van der Waals surface area (Å²) >= 11 is 0. The van der Waals surface area contributed by atoms with Crippen LogP contribution in [-0.4, -0.2) is 27.0 Å². The molecule has 0 aromatic rings. The van der Waals surface area contributed by atoms with E-state index in [1.807, 2.05) is 13.8 Å². The Kier molecular flexibility index (Phi) is 8.64. The highest BCUT2D eigenvalue weighted by molar-refractivity contribution is 7.87. The molecule has 4 N–H and O–H groups in total.